The zero-order valence-corrected chi connectivity index (χ0v) is 11.9. The number of aliphatic hydroxyl groups is 1. The third-order valence-electron chi connectivity index (χ3n) is 3.02. The highest BCUT2D eigenvalue weighted by Gasteiger charge is 2.17. The second-order valence-electron chi connectivity index (χ2n) is 4.32. The third-order valence-corrected chi connectivity index (χ3v) is 4.17. The molecule has 0 aliphatic carbocycles. The Bertz CT molecular complexity index is 745. The molecule has 0 unspecified atom stereocenters. The minimum absolute atomic E-state index is 0.565. The summed E-state index contributed by atoms with van der Waals surface area (Å²) in [4.78, 5) is 4.38. The van der Waals surface area contributed by atoms with Crippen molar-refractivity contribution in [3.05, 3.63) is 58.6 Å². The lowest BCUT2D eigenvalue weighted by Gasteiger charge is -2.12. The van der Waals surface area contributed by atoms with Crippen LogP contribution in [-0.2, 0) is 0 Å². The largest absolute Gasteiger partial charge is 0.384 e. The van der Waals surface area contributed by atoms with Crippen LogP contribution < -0.4 is 11.3 Å². The number of anilines is 1. The highest BCUT2D eigenvalue weighted by molar-refractivity contribution is 7.22. The van der Waals surface area contributed by atoms with Gasteiger partial charge in [-0.2, -0.15) is 0 Å². The standard InChI is InChI=1S/C14H12ClN3OS/c15-9-6-10(13(19)8-4-2-1-3-5-8)12-11(7-9)20-14(17-12)18-16/h1-7,13,19H,16H2,(H,17,18)/t13-/m0/s1. The third kappa shape index (κ3) is 2.36. The molecule has 3 rings (SSSR count). The van der Waals surface area contributed by atoms with E-state index < -0.39 is 6.10 Å². The van der Waals surface area contributed by atoms with Crippen molar-refractivity contribution in [1.29, 1.82) is 0 Å². The van der Waals surface area contributed by atoms with Crippen LogP contribution in [-0.4, -0.2) is 10.1 Å². The Morgan fingerprint density at radius 1 is 1.25 bits per heavy atom. The van der Waals surface area contributed by atoms with Gasteiger partial charge in [0.15, 0.2) is 5.13 Å². The van der Waals surface area contributed by atoms with E-state index in [0.29, 0.717) is 21.2 Å². The molecule has 102 valence electrons. The molecule has 0 fully saturated rings. The van der Waals surface area contributed by atoms with Crippen LogP contribution in [0.1, 0.15) is 17.2 Å². The van der Waals surface area contributed by atoms with E-state index in [1.165, 1.54) is 11.3 Å². The Morgan fingerprint density at radius 2 is 2.00 bits per heavy atom. The van der Waals surface area contributed by atoms with Crippen molar-refractivity contribution in [1.82, 2.24) is 4.98 Å². The number of hydrogen-bond donors (Lipinski definition) is 3. The SMILES string of the molecule is NNc1nc2c([C@@H](O)c3ccccc3)cc(Cl)cc2s1. The first-order chi connectivity index (χ1) is 9.69. The molecular formula is C14H12ClN3OS. The molecule has 0 amide bonds. The van der Waals surface area contributed by atoms with Gasteiger partial charge in [-0.3, -0.25) is 5.43 Å². The van der Waals surface area contributed by atoms with Crippen molar-refractivity contribution in [2.24, 2.45) is 5.84 Å². The number of aliphatic hydroxyl groups excluding tert-OH is 1. The maximum Gasteiger partial charge on any atom is 0.198 e. The van der Waals surface area contributed by atoms with Crippen LogP contribution in [0.25, 0.3) is 10.2 Å². The Balaban J connectivity index is 2.17. The van der Waals surface area contributed by atoms with Gasteiger partial charge < -0.3 is 5.11 Å². The maximum atomic E-state index is 10.6. The Labute approximate surface area is 124 Å². The van der Waals surface area contributed by atoms with Crippen LogP contribution in [0.15, 0.2) is 42.5 Å². The molecule has 1 aromatic heterocycles. The number of aromatic nitrogens is 1. The second-order valence-corrected chi connectivity index (χ2v) is 5.79. The number of benzene rings is 2. The molecule has 1 heterocycles. The van der Waals surface area contributed by atoms with E-state index in [9.17, 15) is 5.11 Å². The molecule has 0 saturated heterocycles. The molecule has 0 saturated carbocycles. The van der Waals surface area contributed by atoms with Gasteiger partial charge in [-0.25, -0.2) is 10.8 Å². The maximum absolute atomic E-state index is 10.6. The monoisotopic (exact) mass is 305 g/mol. The highest BCUT2D eigenvalue weighted by atomic mass is 35.5. The molecule has 0 aliphatic rings. The lowest BCUT2D eigenvalue weighted by molar-refractivity contribution is 0.221. The van der Waals surface area contributed by atoms with Gasteiger partial charge in [-0.15, -0.1) is 0 Å². The van der Waals surface area contributed by atoms with E-state index in [2.05, 4.69) is 10.4 Å². The van der Waals surface area contributed by atoms with E-state index in [1.807, 2.05) is 36.4 Å². The number of thiazole rings is 1. The van der Waals surface area contributed by atoms with Gasteiger partial charge >= 0.3 is 0 Å². The van der Waals surface area contributed by atoms with Crippen molar-refractivity contribution in [3.8, 4) is 0 Å². The minimum Gasteiger partial charge on any atom is -0.384 e. The topological polar surface area (TPSA) is 71.2 Å². The molecule has 0 aliphatic heterocycles. The summed E-state index contributed by atoms with van der Waals surface area (Å²) in [6.07, 6.45) is -0.773. The fourth-order valence-electron chi connectivity index (χ4n) is 2.11. The average molecular weight is 306 g/mol. The lowest BCUT2D eigenvalue weighted by Crippen LogP contribution is -2.06. The summed E-state index contributed by atoms with van der Waals surface area (Å²) in [5, 5.41) is 11.7. The second kappa shape index (κ2) is 5.38. The van der Waals surface area contributed by atoms with Gasteiger partial charge in [0.2, 0.25) is 0 Å². The molecule has 20 heavy (non-hydrogen) atoms. The Hall–Kier alpha value is -1.66. The predicted octanol–water partition coefficient (Wildman–Crippen LogP) is 3.32. The molecule has 2 aromatic carbocycles. The zero-order chi connectivity index (χ0) is 14.1. The Kier molecular flexibility index (Phi) is 3.58. The van der Waals surface area contributed by atoms with Crippen molar-refractivity contribution in [3.63, 3.8) is 0 Å². The number of nitrogens with zero attached hydrogens (tertiary/aromatic N) is 1. The summed E-state index contributed by atoms with van der Waals surface area (Å²) in [7, 11) is 0. The number of nitrogen functional groups attached to an aromatic ring is 1. The molecule has 6 heteroatoms. The molecule has 4 nitrogen and oxygen atoms in total. The van der Waals surface area contributed by atoms with Gasteiger partial charge in [-0.05, 0) is 17.7 Å². The van der Waals surface area contributed by atoms with Crippen molar-refractivity contribution < 1.29 is 5.11 Å². The van der Waals surface area contributed by atoms with Crippen LogP contribution in [0.2, 0.25) is 5.02 Å². The number of fused-ring (bicyclic) bond motifs is 1. The molecule has 4 N–H and O–H groups in total. The van der Waals surface area contributed by atoms with Gasteiger partial charge in [-0.1, -0.05) is 53.3 Å². The van der Waals surface area contributed by atoms with Crippen LogP contribution >= 0.6 is 22.9 Å². The zero-order valence-electron chi connectivity index (χ0n) is 10.4. The van der Waals surface area contributed by atoms with E-state index >= 15 is 0 Å². The molecule has 0 spiro atoms. The lowest BCUT2D eigenvalue weighted by atomic mass is 10.0. The summed E-state index contributed by atoms with van der Waals surface area (Å²) in [5.41, 5.74) is 4.71. The van der Waals surface area contributed by atoms with Crippen LogP contribution in [0.5, 0.6) is 0 Å². The molecule has 0 bridgehead atoms. The molecule has 0 radical (unpaired) electrons. The van der Waals surface area contributed by atoms with Crippen LogP contribution in [0.4, 0.5) is 5.13 Å². The summed E-state index contributed by atoms with van der Waals surface area (Å²) >= 11 is 7.52. The van der Waals surface area contributed by atoms with E-state index in [-0.39, 0.29) is 0 Å². The molecule has 1 atom stereocenters. The smallest absolute Gasteiger partial charge is 0.198 e. The quantitative estimate of drug-likeness (QED) is 0.513. The van der Waals surface area contributed by atoms with E-state index in [4.69, 9.17) is 17.4 Å². The van der Waals surface area contributed by atoms with Crippen LogP contribution in [0.3, 0.4) is 0 Å². The van der Waals surface area contributed by atoms with Crippen molar-refractivity contribution >= 4 is 38.3 Å². The predicted molar refractivity (Wildman–Crippen MR) is 82.9 cm³/mol. The Morgan fingerprint density at radius 3 is 2.70 bits per heavy atom. The van der Waals surface area contributed by atoms with Gasteiger partial charge in [0.1, 0.15) is 6.10 Å². The van der Waals surface area contributed by atoms with Crippen molar-refractivity contribution in [2.45, 2.75) is 6.10 Å². The summed E-state index contributed by atoms with van der Waals surface area (Å²) in [6, 6.07) is 13.0. The first kappa shape index (κ1) is 13.3. The number of hydrazine groups is 1. The van der Waals surface area contributed by atoms with Gasteiger partial charge in [0, 0.05) is 10.6 Å². The fourth-order valence-corrected chi connectivity index (χ4v) is 3.25. The average Bonchev–Trinajstić information content (AvgIpc) is 2.89. The van der Waals surface area contributed by atoms with E-state index in [0.717, 1.165) is 10.3 Å². The highest BCUT2D eigenvalue weighted by Crippen LogP contribution is 2.35. The number of nitrogens with two attached hydrogens (primary N) is 1. The summed E-state index contributed by atoms with van der Waals surface area (Å²) in [6.45, 7) is 0. The van der Waals surface area contributed by atoms with Gasteiger partial charge in [0.25, 0.3) is 0 Å². The number of nitrogens with one attached hydrogen (secondary N) is 1. The number of hydrogen-bond acceptors (Lipinski definition) is 5. The van der Waals surface area contributed by atoms with Crippen molar-refractivity contribution in [2.75, 3.05) is 5.43 Å². The first-order valence-electron chi connectivity index (χ1n) is 5.98. The van der Waals surface area contributed by atoms with E-state index in [1.54, 1.807) is 6.07 Å². The number of rotatable bonds is 3. The van der Waals surface area contributed by atoms with Gasteiger partial charge in [0.05, 0.1) is 10.2 Å². The molecular weight excluding hydrogens is 294 g/mol. The van der Waals surface area contributed by atoms with Crippen LogP contribution in [0, 0.1) is 0 Å². The summed E-state index contributed by atoms with van der Waals surface area (Å²) < 4.78 is 0.885. The minimum atomic E-state index is -0.773. The fraction of sp³-hybridized carbons (Fsp3) is 0.0714. The normalized spacial score (nSPS) is 12.6. The summed E-state index contributed by atoms with van der Waals surface area (Å²) in [5.74, 6) is 5.39. The molecule has 3 aromatic rings. The first-order valence-corrected chi connectivity index (χ1v) is 7.18. The number of halogens is 1.